The third-order valence-corrected chi connectivity index (χ3v) is 5.43. The van der Waals surface area contributed by atoms with E-state index in [0.29, 0.717) is 12.3 Å². The quantitative estimate of drug-likeness (QED) is 0.784. The highest BCUT2D eigenvalue weighted by atomic mass is 19.1. The van der Waals surface area contributed by atoms with Crippen molar-refractivity contribution in [1.29, 1.82) is 0 Å². The number of alkyl halides is 1. The maximum Gasteiger partial charge on any atom is 0.225 e. The summed E-state index contributed by atoms with van der Waals surface area (Å²) < 4.78 is 12.5. The van der Waals surface area contributed by atoms with Gasteiger partial charge in [-0.1, -0.05) is 43.7 Å². The smallest absolute Gasteiger partial charge is 0.225 e. The van der Waals surface area contributed by atoms with Crippen molar-refractivity contribution in [3.05, 3.63) is 35.9 Å². The maximum absolute atomic E-state index is 12.9. The van der Waals surface area contributed by atoms with Gasteiger partial charge >= 0.3 is 0 Å². The molecular weight excluding hydrogens is 303 g/mol. The Hall–Kier alpha value is -1.42. The van der Waals surface area contributed by atoms with Crippen LogP contribution in [0.15, 0.2) is 30.3 Å². The molecule has 0 saturated carbocycles. The van der Waals surface area contributed by atoms with Crippen LogP contribution < -0.4 is 5.73 Å². The van der Waals surface area contributed by atoms with Gasteiger partial charge in [-0.2, -0.15) is 0 Å². The molecule has 4 heteroatoms. The second kappa shape index (κ2) is 9.16. The van der Waals surface area contributed by atoms with E-state index in [0.717, 1.165) is 32.2 Å². The molecule has 134 valence electrons. The fraction of sp³-hybridized carbons (Fsp3) is 0.650. The number of carbonyl (C=O) groups is 1. The van der Waals surface area contributed by atoms with Gasteiger partial charge in [0.1, 0.15) is 6.67 Å². The lowest BCUT2D eigenvalue weighted by Crippen LogP contribution is -2.39. The minimum atomic E-state index is -0.480. The van der Waals surface area contributed by atoms with E-state index in [2.05, 4.69) is 43.0 Å². The summed E-state index contributed by atoms with van der Waals surface area (Å²) in [6, 6.07) is 10.3. The van der Waals surface area contributed by atoms with Crippen molar-refractivity contribution in [3.8, 4) is 0 Å². The van der Waals surface area contributed by atoms with E-state index >= 15 is 0 Å². The lowest BCUT2D eigenvalue weighted by Gasteiger charge is -2.29. The molecular formula is C20H31FN2O. The van der Waals surface area contributed by atoms with Crippen LogP contribution in [0, 0.1) is 5.92 Å². The Kier molecular flexibility index (Phi) is 7.22. The van der Waals surface area contributed by atoms with Crippen molar-refractivity contribution in [3.63, 3.8) is 0 Å². The van der Waals surface area contributed by atoms with E-state index in [9.17, 15) is 9.18 Å². The minimum absolute atomic E-state index is 0.0359. The number of hydrogen-bond acceptors (Lipinski definition) is 2. The van der Waals surface area contributed by atoms with E-state index in [4.69, 9.17) is 5.73 Å². The molecule has 24 heavy (non-hydrogen) atoms. The van der Waals surface area contributed by atoms with Crippen molar-refractivity contribution < 1.29 is 9.18 Å². The van der Waals surface area contributed by atoms with Gasteiger partial charge in [-0.15, -0.1) is 0 Å². The Morgan fingerprint density at radius 1 is 1.33 bits per heavy atom. The standard InChI is InChI=1S/C20H31FN2O/c1-3-16(10-7-11-18(22)14-21)20(24)23-13-12-19(15(23)2)17-8-5-4-6-9-17/h4-6,8-9,15-16,18-19H,3,7,10-14,22H2,1-2H3. The summed E-state index contributed by atoms with van der Waals surface area (Å²) in [5.74, 6) is 0.721. The zero-order valence-electron chi connectivity index (χ0n) is 15.0. The SMILES string of the molecule is CCC(CCCC(N)CF)C(=O)N1CCC(c2ccccc2)C1C. The van der Waals surface area contributed by atoms with Crippen molar-refractivity contribution in [1.82, 2.24) is 4.90 Å². The predicted molar refractivity (Wildman–Crippen MR) is 96.6 cm³/mol. The van der Waals surface area contributed by atoms with Gasteiger partial charge in [-0.05, 0) is 38.2 Å². The molecule has 0 radical (unpaired) electrons. The van der Waals surface area contributed by atoms with Crippen molar-refractivity contribution in [2.24, 2.45) is 11.7 Å². The zero-order chi connectivity index (χ0) is 17.5. The molecule has 1 heterocycles. The van der Waals surface area contributed by atoms with Crippen LogP contribution >= 0.6 is 0 Å². The number of amides is 1. The highest BCUT2D eigenvalue weighted by Gasteiger charge is 2.36. The first-order valence-corrected chi connectivity index (χ1v) is 9.25. The molecule has 1 fully saturated rings. The molecule has 0 aliphatic carbocycles. The van der Waals surface area contributed by atoms with Gasteiger partial charge in [0.2, 0.25) is 5.91 Å². The van der Waals surface area contributed by atoms with Crippen LogP contribution in [-0.4, -0.2) is 36.1 Å². The van der Waals surface area contributed by atoms with Crippen molar-refractivity contribution in [2.45, 2.75) is 64.0 Å². The molecule has 2 N–H and O–H groups in total. The van der Waals surface area contributed by atoms with E-state index in [-0.39, 0.29) is 23.9 Å². The summed E-state index contributed by atoms with van der Waals surface area (Å²) in [5.41, 5.74) is 6.95. The largest absolute Gasteiger partial charge is 0.339 e. The summed E-state index contributed by atoms with van der Waals surface area (Å²) >= 11 is 0. The highest BCUT2D eigenvalue weighted by molar-refractivity contribution is 5.79. The first kappa shape index (κ1) is 18.9. The van der Waals surface area contributed by atoms with E-state index in [1.54, 1.807) is 0 Å². The molecule has 1 aliphatic rings. The summed E-state index contributed by atoms with van der Waals surface area (Å²) in [6.45, 7) is 4.58. The maximum atomic E-state index is 12.9. The van der Waals surface area contributed by atoms with Crippen LogP contribution in [0.1, 0.15) is 57.4 Å². The molecule has 0 bridgehead atoms. The monoisotopic (exact) mass is 334 g/mol. The first-order valence-electron chi connectivity index (χ1n) is 9.25. The topological polar surface area (TPSA) is 46.3 Å². The predicted octanol–water partition coefficient (Wildman–Crippen LogP) is 3.88. The van der Waals surface area contributed by atoms with E-state index in [1.807, 2.05) is 6.07 Å². The third kappa shape index (κ3) is 4.56. The van der Waals surface area contributed by atoms with Crippen LogP contribution in [0.5, 0.6) is 0 Å². The average Bonchev–Trinajstić information content (AvgIpc) is 3.00. The normalized spacial score (nSPS) is 23.2. The van der Waals surface area contributed by atoms with Gasteiger partial charge < -0.3 is 10.6 Å². The molecule has 1 amide bonds. The van der Waals surface area contributed by atoms with Crippen LogP contribution in [0.2, 0.25) is 0 Å². The Bertz CT molecular complexity index is 508. The van der Waals surface area contributed by atoms with Gasteiger partial charge in [-0.3, -0.25) is 4.79 Å². The van der Waals surface area contributed by atoms with Crippen molar-refractivity contribution in [2.75, 3.05) is 13.2 Å². The molecule has 0 aromatic heterocycles. The van der Waals surface area contributed by atoms with Crippen LogP contribution in [0.3, 0.4) is 0 Å². The second-order valence-electron chi connectivity index (χ2n) is 7.03. The van der Waals surface area contributed by atoms with Gasteiger partial charge in [0, 0.05) is 30.5 Å². The zero-order valence-corrected chi connectivity index (χ0v) is 15.0. The van der Waals surface area contributed by atoms with Gasteiger partial charge in [0.05, 0.1) is 0 Å². The Morgan fingerprint density at radius 3 is 2.67 bits per heavy atom. The number of rotatable bonds is 8. The fourth-order valence-corrected chi connectivity index (χ4v) is 3.84. The van der Waals surface area contributed by atoms with Crippen LogP contribution in [-0.2, 0) is 4.79 Å². The number of nitrogens with zero attached hydrogens (tertiary/aromatic N) is 1. The number of benzene rings is 1. The molecule has 1 aromatic rings. The summed E-state index contributed by atoms with van der Waals surface area (Å²) in [7, 11) is 0. The molecule has 0 spiro atoms. The molecule has 4 unspecified atom stereocenters. The summed E-state index contributed by atoms with van der Waals surface area (Å²) in [5, 5.41) is 0. The average molecular weight is 334 g/mol. The summed E-state index contributed by atoms with van der Waals surface area (Å²) in [6.07, 6.45) is 4.15. The lowest BCUT2D eigenvalue weighted by atomic mass is 9.92. The van der Waals surface area contributed by atoms with E-state index < -0.39 is 6.67 Å². The van der Waals surface area contributed by atoms with Gasteiger partial charge in [0.25, 0.3) is 0 Å². The second-order valence-corrected chi connectivity index (χ2v) is 7.03. The van der Waals surface area contributed by atoms with Crippen LogP contribution in [0.4, 0.5) is 4.39 Å². The lowest BCUT2D eigenvalue weighted by molar-refractivity contribution is -0.136. The first-order chi connectivity index (χ1) is 11.6. The summed E-state index contributed by atoms with van der Waals surface area (Å²) in [4.78, 5) is 15.0. The molecule has 1 aliphatic heterocycles. The molecule has 2 rings (SSSR count). The number of nitrogens with two attached hydrogens (primary N) is 1. The number of likely N-dealkylation sites (tertiary alicyclic amines) is 1. The Morgan fingerprint density at radius 2 is 2.04 bits per heavy atom. The molecule has 3 nitrogen and oxygen atoms in total. The Labute approximate surface area is 145 Å². The van der Waals surface area contributed by atoms with Gasteiger partial charge in [-0.25, -0.2) is 4.39 Å². The van der Waals surface area contributed by atoms with Crippen molar-refractivity contribution >= 4 is 5.91 Å². The number of hydrogen-bond donors (Lipinski definition) is 1. The minimum Gasteiger partial charge on any atom is -0.339 e. The van der Waals surface area contributed by atoms with Gasteiger partial charge in [0.15, 0.2) is 0 Å². The highest BCUT2D eigenvalue weighted by Crippen LogP contribution is 2.34. The molecule has 4 atom stereocenters. The third-order valence-electron chi connectivity index (χ3n) is 5.43. The van der Waals surface area contributed by atoms with Crippen LogP contribution in [0.25, 0.3) is 0 Å². The molecule has 1 aromatic carbocycles. The van der Waals surface area contributed by atoms with E-state index in [1.165, 1.54) is 5.56 Å². The molecule has 1 saturated heterocycles. The Balaban J connectivity index is 1.93. The number of carbonyl (C=O) groups excluding carboxylic acids is 1. The fourth-order valence-electron chi connectivity index (χ4n) is 3.84. The number of halogens is 1.